The summed E-state index contributed by atoms with van der Waals surface area (Å²) in [7, 11) is 0. The molecule has 1 unspecified atom stereocenters. The molecule has 0 aliphatic carbocycles. The molecule has 0 saturated heterocycles. The van der Waals surface area contributed by atoms with Crippen molar-refractivity contribution in [2.75, 3.05) is 6.61 Å². The standard InChI is InChI=1S/C7H11NO3/c1-5(10)6-4-11-7(8-6)2-3-9/h4-5,9-10H,2-3H2,1H3. The third-order valence-corrected chi connectivity index (χ3v) is 1.32. The molecule has 1 aromatic rings. The Bertz CT molecular complexity index is 219. The Hall–Kier alpha value is -0.870. The van der Waals surface area contributed by atoms with Gasteiger partial charge in [-0.2, -0.15) is 0 Å². The second kappa shape index (κ2) is 3.50. The number of rotatable bonds is 3. The fourth-order valence-corrected chi connectivity index (χ4v) is 0.727. The molecule has 62 valence electrons. The lowest BCUT2D eigenvalue weighted by Crippen LogP contribution is -1.94. The molecule has 0 aliphatic rings. The molecule has 4 nitrogen and oxygen atoms in total. The van der Waals surface area contributed by atoms with Gasteiger partial charge in [0.1, 0.15) is 12.0 Å². The molecule has 1 aromatic heterocycles. The Balaban J connectivity index is 2.66. The first-order valence-corrected chi connectivity index (χ1v) is 3.47. The maximum Gasteiger partial charge on any atom is 0.196 e. The van der Waals surface area contributed by atoms with Crippen molar-refractivity contribution in [3.8, 4) is 0 Å². The molecule has 0 amide bonds. The molecule has 4 heteroatoms. The van der Waals surface area contributed by atoms with Crippen molar-refractivity contribution in [2.45, 2.75) is 19.4 Å². The van der Waals surface area contributed by atoms with E-state index >= 15 is 0 Å². The minimum absolute atomic E-state index is 0.0137. The van der Waals surface area contributed by atoms with Crippen molar-refractivity contribution >= 4 is 0 Å². The average Bonchev–Trinajstić information content (AvgIpc) is 2.37. The van der Waals surface area contributed by atoms with E-state index in [0.717, 1.165) is 0 Å². The highest BCUT2D eigenvalue weighted by molar-refractivity contribution is 4.99. The van der Waals surface area contributed by atoms with Gasteiger partial charge in [-0.15, -0.1) is 0 Å². The van der Waals surface area contributed by atoms with Crippen LogP contribution in [0.4, 0.5) is 0 Å². The highest BCUT2D eigenvalue weighted by Gasteiger charge is 2.06. The van der Waals surface area contributed by atoms with Crippen LogP contribution in [-0.2, 0) is 6.42 Å². The van der Waals surface area contributed by atoms with Crippen LogP contribution >= 0.6 is 0 Å². The number of aromatic nitrogens is 1. The average molecular weight is 157 g/mol. The number of oxazole rings is 1. The number of hydrogen-bond donors (Lipinski definition) is 2. The summed E-state index contributed by atoms with van der Waals surface area (Å²) in [5, 5.41) is 17.5. The summed E-state index contributed by atoms with van der Waals surface area (Å²) < 4.78 is 4.94. The zero-order valence-corrected chi connectivity index (χ0v) is 6.32. The molecule has 0 aromatic carbocycles. The summed E-state index contributed by atoms with van der Waals surface area (Å²) in [5.41, 5.74) is 0.508. The van der Waals surface area contributed by atoms with E-state index in [9.17, 15) is 0 Å². The van der Waals surface area contributed by atoms with E-state index in [-0.39, 0.29) is 6.61 Å². The quantitative estimate of drug-likeness (QED) is 0.660. The largest absolute Gasteiger partial charge is 0.449 e. The summed E-state index contributed by atoms with van der Waals surface area (Å²) in [6, 6.07) is 0. The topological polar surface area (TPSA) is 66.5 Å². The van der Waals surface area contributed by atoms with E-state index in [0.29, 0.717) is 18.0 Å². The predicted molar refractivity (Wildman–Crippen MR) is 37.9 cm³/mol. The fraction of sp³-hybridized carbons (Fsp3) is 0.571. The van der Waals surface area contributed by atoms with Crippen molar-refractivity contribution < 1.29 is 14.6 Å². The summed E-state index contributed by atoms with van der Waals surface area (Å²) >= 11 is 0. The molecule has 0 saturated carbocycles. The minimum atomic E-state index is -0.605. The maximum absolute atomic E-state index is 9.02. The van der Waals surface area contributed by atoms with Gasteiger partial charge in [0.05, 0.1) is 12.7 Å². The SMILES string of the molecule is CC(O)c1coc(CCO)n1. The summed E-state index contributed by atoms with van der Waals surface area (Å²) in [5.74, 6) is 0.461. The smallest absolute Gasteiger partial charge is 0.196 e. The number of aliphatic hydroxyl groups is 2. The van der Waals surface area contributed by atoms with Crippen LogP contribution in [0.25, 0.3) is 0 Å². The van der Waals surface area contributed by atoms with Crippen molar-refractivity contribution in [3.63, 3.8) is 0 Å². The first-order valence-electron chi connectivity index (χ1n) is 3.47. The van der Waals surface area contributed by atoms with Crippen LogP contribution in [0, 0.1) is 0 Å². The van der Waals surface area contributed by atoms with E-state index < -0.39 is 6.10 Å². The van der Waals surface area contributed by atoms with Gasteiger partial charge >= 0.3 is 0 Å². The van der Waals surface area contributed by atoms with Crippen LogP contribution in [0.2, 0.25) is 0 Å². The second-order valence-corrected chi connectivity index (χ2v) is 2.32. The normalized spacial score (nSPS) is 13.4. The van der Waals surface area contributed by atoms with Crippen molar-refractivity contribution in [2.24, 2.45) is 0 Å². The third kappa shape index (κ3) is 2.03. The molecule has 0 bridgehead atoms. The monoisotopic (exact) mass is 157 g/mol. The number of nitrogens with zero attached hydrogens (tertiary/aromatic N) is 1. The zero-order chi connectivity index (χ0) is 8.27. The Morgan fingerprint density at radius 1 is 1.73 bits per heavy atom. The van der Waals surface area contributed by atoms with Crippen molar-refractivity contribution in [1.82, 2.24) is 4.98 Å². The molecular formula is C7H11NO3. The molecular weight excluding hydrogens is 146 g/mol. The van der Waals surface area contributed by atoms with E-state index in [1.54, 1.807) is 6.92 Å². The molecule has 11 heavy (non-hydrogen) atoms. The Labute approximate surface area is 64.5 Å². The first kappa shape index (κ1) is 8.23. The lowest BCUT2D eigenvalue weighted by molar-refractivity contribution is 0.194. The predicted octanol–water partition coefficient (Wildman–Crippen LogP) is 0.263. The van der Waals surface area contributed by atoms with Gasteiger partial charge in [-0.3, -0.25) is 0 Å². The number of aliphatic hydroxyl groups excluding tert-OH is 2. The van der Waals surface area contributed by atoms with Gasteiger partial charge in [0.25, 0.3) is 0 Å². The summed E-state index contributed by atoms with van der Waals surface area (Å²) in [6.45, 7) is 1.63. The van der Waals surface area contributed by atoms with E-state index in [4.69, 9.17) is 14.6 Å². The maximum atomic E-state index is 9.02. The molecule has 1 rings (SSSR count). The van der Waals surface area contributed by atoms with Gasteiger partial charge in [0.2, 0.25) is 0 Å². The van der Waals surface area contributed by atoms with Gasteiger partial charge in [0, 0.05) is 6.42 Å². The molecule has 0 radical (unpaired) electrons. The molecule has 1 atom stereocenters. The van der Waals surface area contributed by atoms with Crippen LogP contribution < -0.4 is 0 Å². The minimum Gasteiger partial charge on any atom is -0.449 e. The van der Waals surface area contributed by atoms with Crippen LogP contribution in [0.5, 0.6) is 0 Å². The van der Waals surface area contributed by atoms with Crippen molar-refractivity contribution in [1.29, 1.82) is 0 Å². The molecule has 0 aliphatic heterocycles. The molecule has 1 heterocycles. The van der Waals surface area contributed by atoms with Gasteiger partial charge in [0.15, 0.2) is 5.89 Å². The third-order valence-electron chi connectivity index (χ3n) is 1.32. The van der Waals surface area contributed by atoms with E-state index in [1.165, 1.54) is 6.26 Å². The van der Waals surface area contributed by atoms with E-state index in [2.05, 4.69) is 4.98 Å². The van der Waals surface area contributed by atoms with Crippen molar-refractivity contribution in [3.05, 3.63) is 17.8 Å². The molecule has 0 spiro atoms. The van der Waals surface area contributed by atoms with Crippen LogP contribution in [0.1, 0.15) is 24.6 Å². The lowest BCUT2D eigenvalue weighted by atomic mass is 10.3. The first-order chi connectivity index (χ1) is 5.24. The van der Waals surface area contributed by atoms with Crippen LogP contribution in [0.3, 0.4) is 0 Å². The number of hydrogen-bond acceptors (Lipinski definition) is 4. The molecule has 2 N–H and O–H groups in total. The Morgan fingerprint density at radius 2 is 2.45 bits per heavy atom. The van der Waals surface area contributed by atoms with Gasteiger partial charge in [-0.05, 0) is 6.92 Å². The lowest BCUT2D eigenvalue weighted by Gasteiger charge is -1.93. The zero-order valence-electron chi connectivity index (χ0n) is 6.32. The van der Waals surface area contributed by atoms with Gasteiger partial charge < -0.3 is 14.6 Å². The summed E-state index contributed by atoms with van der Waals surface area (Å²) in [4.78, 5) is 3.92. The Morgan fingerprint density at radius 3 is 2.91 bits per heavy atom. The van der Waals surface area contributed by atoms with Crippen LogP contribution in [0.15, 0.2) is 10.7 Å². The van der Waals surface area contributed by atoms with Gasteiger partial charge in [-0.25, -0.2) is 4.98 Å². The van der Waals surface area contributed by atoms with Gasteiger partial charge in [-0.1, -0.05) is 0 Å². The highest BCUT2D eigenvalue weighted by Crippen LogP contribution is 2.10. The Kier molecular flexibility index (Phi) is 2.62. The fourth-order valence-electron chi connectivity index (χ4n) is 0.727. The highest BCUT2D eigenvalue weighted by atomic mass is 16.3. The van der Waals surface area contributed by atoms with E-state index in [1.807, 2.05) is 0 Å². The molecule has 0 fully saturated rings. The summed E-state index contributed by atoms with van der Waals surface area (Å²) in [6.07, 6.45) is 1.19. The second-order valence-electron chi connectivity index (χ2n) is 2.32. The van der Waals surface area contributed by atoms with Crippen LogP contribution in [-0.4, -0.2) is 21.8 Å².